The van der Waals surface area contributed by atoms with Crippen LogP contribution in [0, 0.1) is 11.8 Å². The maximum Gasteiger partial charge on any atom is 0.225 e. The molecule has 0 heterocycles. The molecule has 1 aliphatic rings. The van der Waals surface area contributed by atoms with Crippen molar-refractivity contribution < 1.29 is 4.79 Å². The number of rotatable bonds is 6. The zero-order chi connectivity index (χ0) is 10.6. The highest BCUT2D eigenvalue weighted by atomic mass is 16.2. The SMILES string of the molecule is CNCCCN(C)C(=O)C(C)C1CC1. The Morgan fingerprint density at radius 2 is 2.21 bits per heavy atom. The summed E-state index contributed by atoms with van der Waals surface area (Å²) < 4.78 is 0. The summed E-state index contributed by atoms with van der Waals surface area (Å²) >= 11 is 0. The van der Waals surface area contributed by atoms with E-state index in [1.807, 2.05) is 19.0 Å². The molecule has 82 valence electrons. The quantitative estimate of drug-likeness (QED) is 0.648. The summed E-state index contributed by atoms with van der Waals surface area (Å²) in [6.07, 6.45) is 3.53. The first-order valence-corrected chi connectivity index (χ1v) is 5.56. The molecular weight excluding hydrogens is 176 g/mol. The molecule has 0 aromatic carbocycles. The minimum absolute atomic E-state index is 0.245. The highest BCUT2D eigenvalue weighted by Crippen LogP contribution is 2.37. The van der Waals surface area contributed by atoms with E-state index >= 15 is 0 Å². The summed E-state index contributed by atoms with van der Waals surface area (Å²) in [5.74, 6) is 1.24. The van der Waals surface area contributed by atoms with Crippen LogP contribution in [0.5, 0.6) is 0 Å². The fourth-order valence-electron chi connectivity index (χ4n) is 1.75. The van der Waals surface area contributed by atoms with Crippen LogP contribution in [0.2, 0.25) is 0 Å². The Kier molecular flexibility index (Phi) is 4.39. The van der Waals surface area contributed by atoms with E-state index in [0.717, 1.165) is 19.5 Å². The topological polar surface area (TPSA) is 32.3 Å². The summed E-state index contributed by atoms with van der Waals surface area (Å²) in [5.41, 5.74) is 0. The van der Waals surface area contributed by atoms with Gasteiger partial charge in [-0.25, -0.2) is 0 Å². The molecule has 0 aromatic rings. The fraction of sp³-hybridized carbons (Fsp3) is 0.909. The van der Waals surface area contributed by atoms with Crippen molar-refractivity contribution >= 4 is 5.91 Å². The lowest BCUT2D eigenvalue weighted by atomic mass is 10.1. The first kappa shape index (κ1) is 11.5. The average Bonchev–Trinajstić information content (AvgIpc) is 2.99. The van der Waals surface area contributed by atoms with Crippen molar-refractivity contribution in [1.82, 2.24) is 10.2 Å². The highest BCUT2D eigenvalue weighted by Gasteiger charge is 2.33. The summed E-state index contributed by atoms with van der Waals surface area (Å²) in [6.45, 7) is 3.92. The molecule has 0 aliphatic heterocycles. The van der Waals surface area contributed by atoms with Crippen molar-refractivity contribution in [1.29, 1.82) is 0 Å². The van der Waals surface area contributed by atoms with E-state index in [0.29, 0.717) is 11.8 Å². The van der Waals surface area contributed by atoms with Crippen molar-refractivity contribution in [3.05, 3.63) is 0 Å². The number of amides is 1. The van der Waals surface area contributed by atoms with Crippen molar-refractivity contribution in [2.24, 2.45) is 11.8 Å². The molecule has 0 saturated heterocycles. The van der Waals surface area contributed by atoms with E-state index in [1.165, 1.54) is 12.8 Å². The molecule has 0 radical (unpaired) electrons. The molecule has 1 saturated carbocycles. The number of hydrogen-bond donors (Lipinski definition) is 1. The van der Waals surface area contributed by atoms with E-state index < -0.39 is 0 Å². The van der Waals surface area contributed by atoms with Gasteiger partial charge in [0.2, 0.25) is 5.91 Å². The Bertz CT molecular complexity index is 190. The van der Waals surface area contributed by atoms with Gasteiger partial charge in [0.1, 0.15) is 0 Å². The molecule has 14 heavy (non-hydrogen) atoms. The number of nitrogens with one attached hydrogen (secondary N) is 1. The van der Waals surface area contributed by atoms with Gasteiger partial charge in [0, 0.05) is 19.5 Å². The summed E-state index contributed by atoms with van der Waals surface area (Å²) in [6, 6.07) is 0. The molecule has 0 spiro atoms. The van der Waals surface area contributed by atoms with Gasteiger partial charge in [-0.3, -0.25) is 4.79 Å². The second kappa shape index (κ2) is 5.35. The zero-order valence-corrected chi connectivity index (χ0v) is 9.55. The standard InChI is InChI=1S/C11H22N2O/c1-9(10-5-6-10)11(14)13(3)8-4-7-12-2/h9-10,12H,4-8H2,1-3H3. The maximum atomic E-state index is 11.8. The van der Waals surface area contributed by atoms with Crippen LogP contribution in [0.15, 0.2) is 0 Å². The predicted molar refractivity (Wildman–Crippen MR) is 58.1 cm³/mol. The monoisotopic (exact) mass is 198 g/mol. The number of carbonyl (C=O) groups excluding carboxylic acids is 1. The lowest BCUT2D eigenvalue weighted by molar-refractivity contribution is -0.134. The number of hydrogen-bond acceptors (Lipinski definition) is 2. The molecule has 3 heteroatoms. The normalized spacial score (nSPS) is 17.9. The molecule has 3 nitrogen and oxygen atoms in total. The molecule has 1 N–H and O–H groups in total. The van der Waals surface area contributed by atoms with E-state index in [-0.39, 0.29) is 5.92 Å². The van der Waals surface area contributed by atoms with Gasteiger partial charge in [-0.1, -0.05) is 6.92 Å². The third-order valence-electron chi connectivity index (χ3n) is 3.02. The van der Waals surface area contributed by atoms with Crippen LogP contribution in [0.4, 0.5) is 0 Å². The van der Waals surface area contributed by atoms with Crippen LogP contribution in [-0.2, 0) is 4.79 Å². The van der Waals surface area contributed by atoms with Crippen LogP contribution in [-0.4, -0.2) is 38.0 Å². The molecule has 1 rings (SSSR count). The lowest BCUT2D eigenvalue weighted by Crippen LogP contribution is -2.34. The molecule has 1 atom stereocenters. The van der Waals surface area contributed by atoms with Gasteiger partial charge < -0.3 is 10.2 Å². The molecule has 1 unspecified atom stereocenters. The molecular formula is C11H22N2O. The smallest absolute Gasteiger partial charge is 0.225 e. The second-order valence-corrected chi connectivity index (χ2v) is 4.34. The summed E-state index contributed by atoms with van der Waals surface area (Å²) in [7, 11) is 3.85. The van der Waals surface area contributed by atoms with Crippen LogP contribution in [0.1, 0.15) is 26.2 Å². The Labute approximate surface area is 86.9 Å². The van der Waals surface area contributed by atoms with Gasteiger partial charge in [-0.2, -0.15) is 0 Å². The molecule has 1 amide bonds. The molecule has 1 aliphatic carbocycles. The first-order valence-electron chi connectivity index (χ1n) is 5.56. The van der Waals surface area contributed by atoms with Gasteiger partial charge in [0.05, 0.1) is 0 Å². The van der Waals surface area contributed by atoms with Crippen molar-refractivity contribution in [3.63, 3.8) is 0 Å². The van der Waals surface area contributed by atoms with Gasteiger partial charge in [-0.15, -0.1) is 0 Å². The largest absolute Gasteiger partial charge is 0.345 e. The maximum absolute atomic E-state index is 11.8. The molecule has 0 bridgehead atoms. The number of carbonyl (C=O) groups is 1. The Balaban J connectivity index is 2.20. The fourth-order valence-corrected chi connectivity index (χ4v) is 1.75. The molecule has 0 aromatic heterocycles. The van der Waals surface area contributed by atoms with Crippen molar-refractivity contribution in [2.75, 3.05) is 27.2 Å². The third kappa shape index (κ3) is 3.29. The van der Waals surface area contributed by atoms with Gasteiger partial charge in [-0.05, 0) is 38.8 Å². The van der Waals surface area contributed by atoms with Crippen molar-refractivity contribution in [2.45, 2.75) is 26.2 Å². The Morgan fingerprint density at radius 1 is 1.57 bits per heavy atom. The lowest BCUT2D eigenvalue weighted by Gasteiger charge is -2.21. The van der Waals surface area contributed by atoms with Gasteiger partial charge in [0.25, 0.3) is 0 Å². The molecule has 1 fully saturated rings. The van der Waals surface area contributed by atoms with Gasteiger partial charge >= 0.3 is 0 Å². The third-order valence-corrected chi connectivity index (χ3v) is 3.02. The highest BCUT2D eigenvalue weighted by molar-refractivity contribution is 5.78. The second-order valence-electron chi connectivity index (χ2n) is 4.34. The van der Waals surface area contributed by atoms with Crippen molar-refractivity contribution in [3.8, 4) is 0 Å². The Hall–Kier alpha value is -0.570. The minimum Gasteiger partial charge on any atom is -0.345 e. The number of nitrogens with zero attached hydrogens (tertiary/aromatic N) is 1. The van der Waals surface area contributed by atoms with E-state index in [2.05, 4.69) is 12.2 Å². The summed E-state index contributed by atoms with van der Waals surface area (Å²) in [4.78, 5) is 13.7. The first-order chi connectivity index (χ1) is 6.66. The van der Waals surface area contributed by atoms with Gasteiger partial charge in [0.15, 0.2) is 0 Å². The van der Waals surface area contributed by atoms with Crippen LogP contribution in [0.3, 0.4) is 0 Å². The predicted octanol–water partition coefficient (Wildman–Crippen LogP) is 1.10. The van der Waals surface area contributed by atoms with E-state index in [9.17, 15) is 4.79 Å². The minimum atomic E-state index is 0.245. The van der Waals surface area contributed by atoms with E-state index in [4.69, 9.17) is 0 Å². The zero-order valence-electron chi connectivity index (χ0n) is 9.55. The van der Waals surface area contributed by atoms with Crippen LogP contribution < -0.4 is 5.32 Å². The van der Waals surface area contributed by atoms with Crippen LogP contribution in [0.25, 0.3) is 0 Å². The Morgan fingerprint density at radius 3 is 2.71 bits per heavy atom. The van der Waals surface area contributed by atoms with E-state index in [1.54, 1.807) is 0 Å². The average molecular weight is 198 g/mol. The summed E-state index contributed by atoms with van der Waals surface area (Å²) in [5, 5.41) is 3.09. The van der Waals surface area contributed by atoms with Crippen LogP contribution >= 0.6 is 0 Å².